The maximum absolute atomic E-state index is 2.57. The predicted molar refractivity (Wildman–Crippen MR) is 108 cm³/mol. The third-order valence-electron chi connectivity index (χ3n) is 9.57. The van der Waals surface area contributed by atoms with Crippen LogP contribution in [-0.4, -0.2) is 0 Å². The Bertz CT molecular complexity index is 606. The molecule has 0 radical (unpaired) electrons. The Morgan fingerprint density at radius 1 is 0.423 bits per heavy atom. The van der Waals surface area contributed by atoms with Crippen molar-refractivity contribution in [2.45, 2.75) is 51.4 Å². The van der Waals surface area contributed by atoms with Crippen molar-refractivity contribution in [3.05, 3.63) is 48.6 Å². The van der Waals surface area contributed by atoms with Gasteiger partial charge in [0.2, 0.25) is 0 Å². The molecule has 10 atom stereocenters. The lowest BCUT2D eigenvalue weighted by Crippen LogP contribution is -2.38. The minimum Gasteiger partial charge on any atom is -0.0808 e. The Labute approximate surface area is 159 Å². The molecule has 0 amide bonds. The van der Waals surface area contributed by atoms with Crippen LogP contribution in [0.1, 0.15) is 51.4 Å². The molecule has 0 bridgehead atoms. The van der Waals surface area contributed by atoms with E-state index in [0.29, 0.717) is 0 Å². The predicted octanol–water partition coefficient (Wildman–Crippen LogP) is 6.58. The standard InChI is InChI=1S/C26H34/c1-3-9-19-17(7-1)15-25-21(19)11-5-13-23(25)24-14-6-12-22-20-10-4-2-8-18(20)16-26(22)24/h1-4,7-10,17-26H,5-6,11-16H2. The number of allylic oxidation sites excluding steroid dienone is 8. The highest BCUT2D eigenvalue weighted by Gasteiger charge is 2.53. The van der Waals surface area contributed by atoms with Gasteiger partial charge < -0.3 is 0 Å². The third-order valence-corrected chi connectivity index (χ3v) is 9.57. The molecule has 0 spiro atoms. The molecule has 0 aliphatic heterocycles. The molecule has 6 aliphatic rings. The van der Waals surface area contributed by atoms with E-state index in [1.165, 1.54) is 38.5 Å². The van der Waals surface area contributed by atoms with Gasteiger partial charge in [-0.05, 0) is 97.7 Å². The van der Waals surface area contributed by atoms with Crippen LogP contribution < -0.4 is 0 Å². The average molecular weight is 347 g/mol. The lowest BCUT2D eigenvalue weighted by Gasteiger charge is -2.46. The van der Waals surface area contributed by atoms with E-state index in [2.05, 4.69) is 48.6 Å². The molecule has 6 aliphatic carbocycles. The molecular weight excluding hydrogens is 312 g/mol. The number of fused-ring (bicyclic) bond motifs is 6. The van der Waals surface area contributed by atoms with E-state index < -0.39 is 0 Å². The van der Waals surface area contributed by atoms with E-state index in [0.717, 1.165) is 59.2 Å². The summed E-state index contributed by atoms with van der Waals surface area (Å²) in [5.74, 6) is 9.65. The molecule has 0 aromatic carbocycles. The van der Waals surface area contributed by atoms with E-state index in [9.17, 15) is 0 Å². The van der Waals surface area contributed by atoms with Gasteiger partial charge in [0.15, 0.2) is 0 Å². The van der Waals surface area contributed by atoms with E-state index in [4.69, 9.17) is 0 Å². The minimum atomic E-state index is 0.868. The van der Waals surface area contributed by atoms with E-state index in [-0.39, 0.29) is 0 Å². The van der Waals surface area contributed by atoms with Crippen LogP contribution in [0.2, 0.25) is 0 Å². The number of hydrogen-bond donors (Lipinski definition) is 0. The molecule has 0 nitrogen and oxygen atoms in total. The van der Waals surface area contributed by atoms with Gasteiger partial charge in [0.25, 0.3) is 0 Å². The van der Waals surface area contributed by atoms with Crippen molar-refractivity contribution in [2.75, 3.05) is 0 Å². The monoisotopic (exact) mass is 346 g/mol. The van der Waals surface area contributed by atoms with Gasteiger partial charge in [0.05, 0.1) is 0 Å². The van der Waals surface area contributed by atoms with Crippen LogP contribution in [0.25, 0.3) is 0 Å². The van der Waals surface area contributed by atoms with E-state index in [1.54, 1.807) is 12.8 Å². The quantitative estimate of drug-likeness (QED) is 0.503. The Morgan fingerprint density at radius 3 is 1.35 bits per heavy atom. The zero-order valence-corrected chi connectivity index (χ0v) is 16.0. The highest BCUT2D eigenvalue weighted by atomic mass is 14.6. The molecule has 138 valence electrons. The summed E-state index contributed by atoms with van der Waals surface area (Å²) in [6.45, 7) is 0. The summed E-state index contributed by atoms with van der Waals surface area (Å²) < 4.78 is 0. The van der Waals surface area contributed by atoms with Crippen molar-refractivity contribution >= 4 is 0 Å². The van der Waals surface area contributed by atoms with Crippen molar-refractivity contribution in [1.29, 1.82) is 0 Å². The third kappa shape index (κ3) is 2.33. The molecule has 0 heterocycles. The van der Waals surface area contributed by atoms with Gasteiger partial charge in [0, 0.05) is 0 Å². The maximum Gasteiger partial charge on any atom is -0.0136 e. The first-order valence-electron chi connectivity index (χ1n) is 11.6. The largest absolute Gasteiger partial charge is 0.0808 e. The topological polar surface area (TPSA) is 0 Å². The maximum atomic E-state index is 2.57. The summed E-state index contributed by atoms with van der Waals surface area (Å²) in [4.78, 5) is 0. The van der Waals surface area contributed by atoms with Gasteiger partial charge in [-0.2, -0.15) is 0 Å². The summed E-state index contributed by atoms with van der Waals surface area (Å²) in [5.41, 5.74) is 0. The summed E-state index contributed by atoms with van der Waals surface area (Å²) in [6.07, 6.45) is 31.7. The van der Waals surface area contributed by atoms with Gasteiger partial charge >= 0.3 is 0 Å². The molecule has 0 aromatic rings. The van der Waals surface area contributed by atoms with Crippen LogP contribution in [0.5, 0.6) is 0 Å². The molecule has 10 unspecified atom stereocenters. The highest BCUT2D eigenvalue weighted by Crippen LogP contribution is 2.61. The summed E-state index contributed by atoms with van der Waals surface area (Å²) in [7, 11) is 0. The lowest BCUT2D eigenvalue weighted by molar-refractivity contribution is 0.0354. The first kappa shape index (κ1) is 16.0. The highest BCUT2D eigenvalue weighted by molar-refractivity contribution is 5.21. The van der Waals surface area contributed by atoms with Crippen molar-refractivity contribution in [1.82, 2.24) is 0 Å². The Morgan fingerprint density at radius 2 is 0.846 bits per heavy atom. The zero-order valence-electron chi connectivity index (χ0n) is 16.0. The first-order chi connectivity index (χ1) is 12.9. The fraction of sp³-hybridized carbons (Fsp3) is 0.692. The molecule has 0 aromatic heterocycles. The van der Waals surface area contributed by atoms with Gasteiger partial charge in [-0.15, -0.1) is 0 Å². The van der Waals surface area contributed by atoms with Gasteiger partial charge in [0.1, 0.15) is 0 Å². The van der Waals surface area contributed by atoms with E-state index >= 15 is 0 Å². The number of hydrogen-bond acceptors (Lipinski definition) is 0. The summed E-state index contributed by atoms with van der Waals surface area (Å²) >= 11 is 0. The Kier molecular flexibility index (Phi) is 3.84. The Balaban J connectivity index is 1.28. The van der Waals surface area contributed by atoms with Crippen LogP contribution in [0, 0.1) is 59.2 Å². The average Bonchev–Trinajstić information content (AvgIpc) is 3.26. The number of rotatable bonds is 1. The van der Waals surface area contributed by atoms with Crippen molar-refractivity contribution in [3.8, 4) is 0 Å². The van der Waals surface area contributed by atoms with Crippen LogP contribution in [-0.2, 0) is 0 Å². The fourth-order valence-corrected chi connectivity index (χ4v) is 8.75. The Hall–Kier alpha value is -1.04. The van der Waals surface area contributed by atoms with Crippen LogP contribution >= 0.6 is 0 Å². The molecule has 6 rings (SSSR count). The van der Waals surface area contributed by atoms with Crippen molar-refractivity contribution in [3.63, 3.8) is 0 Å². The first-order valence-corrected chi connectivity index (χ1v) is 11.6. The second-order valence-electron chi connectivity index (χ2n) is 10.3. The van der Waals surface area contributed by atoms with Crippen molar-refractivity contribution in [2.24, 2.45) is 59.2 Å². The smallest absolute Gasteiger partial charge is 0.0136 e. The molecule has 0 heteroatoms. The summed E-state index contributed by atoms with van der Waals surface area (Å²) in [6, 6.07) is 0. The second kappa shape index (κ2) is 6.25. The minimum absolute atomic E-state index is 0.868. The molecule has 26 heavy (non-hydrogen) atoms. The van der Waals surface area contributed by atoms with E-state index in [1.807, 2.05) is 0 Å². The molecule has 0 N–H and O–H groups in total. The lowest BCUT2D eigenvalue weighted by atomic mass is 9.59. The molecule has 4 saturated carbocycles. The van der Waals surface area contributed by atoms with Crippen molar-refractivity contribution < 1.29 is 0 Å². The van der Waals surface area contributed by atoms with Gasteiger partial charge in [-0.3, -0.25) is 0 Å². The SMILES string of the molecule is C1=CC2CC3C(CCCC3C3CCCC4C5C=CC=CC5CC43)C2C=C1. The molecule has 4 fully saturated rings. The fourth-order valence-electron chi connectivity index (χ4n) is 8.75. The molecule has 0 saturated heterocycles. The van der Waals surface area contributed by atoms with Crippen LogP contribution in [0.3, 0.4) is 0 Å². The van der Waals surface area contributed by atoms with Gasteiger partial charge in [-0.25, -0.2) is 0 Å². The summed E-state index contributed by atoms with van der Waals surface area (Å²) in [5, 5.41) is 0. The van der Waals surface area contributed by atoms with Gasteiger partial charge in [-0.1, -0.05) is 61.4 Å². The van der Waals surface area contributed by atoms with Crippen LogP contribution in [0.15, 0.2) is 48.6 Å². The normalized spacial score (nSPS) is 53.8. The molecular formula is C26H34. The second-order valence-corrected chi connectivity index (χ2v) is 10.3. The zero-order chi connectivity index (χ0) is 17.1. The van der Waals surface area contributed by atoms with Crippen LogP contribution in [0.4, 0.5) is 0 Å².